The van der Waals surface area contributed by atoms with Crippen molar-refractivity contribution in [3.05, 3.63) is 41.5 Å². The molecule has 0 unspecified atom stereocenters. The number of ether oxygens (including phenoxy) is 1. The summed E-state index contributed by atoms with van der Waals surface area (Å²) >= 11 is 0. The van der Waals surface area contributed by atoms with Crippen LogP contribution in [0.15, 0.2) is 30.3 Å². The van der Waals surface area contributed by atoms with Crippen molar-refractivity contribution >= 4 is 23.5 Å². The molecule has 3 N–H and O–H groups in total. The number of amides is 3. The predicted molar refractivity (Wildman–Crippen MR) is 137 cm³/mol. The Morgan fingerprint density at radius 2 is 1.80 bits per heavy atom. The summed E-state index contributed by atoms with van der Waals surface area (Å²) in [6.07, 6.45) is 8.32. The van der Waals surface area contributed by atoms with Crippen LogP contribution in [0, 0.1) is 5.92 Å². The van der Waals surface area contributed by atoms with Crippen molar-refractivity contribution in [2.24, 2.45) is 11.7 Å². The Bertz CT molecular complexity index is 948. The number of carbonyl (C=O) groups excluding carboxylic acids is 3. The quantitative estimate of drug-likeness (QED) is 0.618. The molecule has 3 amide bonds. The van der Waals surface area contributed by atoms with Crippen LogP contribution < -0.4 is 11.1 Å². The number of primary amides is 1. The van der Waals surface area contributed by atoms with Crippen molar-refractivity contribution in [3.63, 3.8) is 0 Å². The van der Waals surface area contributed by atoms with Gasteiger partial charge in [0.05, 0.1) is 0 Å². The van der Waals surface area contributed by atoms with Crippen LogP contribution in [0.4, 0.5) is 4.79 Å². The van der Waals surface area contributed by atoms with Crippen molar-refractivity contribution in [2.75, 3.05) is 0 Å². The van der Waals surface area contributed by atoms with E-state index in [1.807, 2.05) is 26.0 Å². The van der Waals surface area contributed by atoms with E-state index in [9.17, 15) is 14.4 Å². The Hall–Kier alpha value is -2.83. The molecule has 0 radical (unpaired) electrons. The van der Waals surface area contributed by atoms with Gasteiger partial charge in [-0.15, -0.1) is 0 Å². The minimum atomic E-state index is -0.868. The van der Waals surface area contributed by atoms with E-state index in [2.05, 4.69) is 23.5 Å². The molecule has 1 fully saturated rings. The molecule has 1 aromatic rings. The number of likely N-dealkylation sites (tertiary alicyclic amines) is 1. The molecule has 4 atom stereocenters. The van der Waals surface area contributed by atoms with Gasteiger partial charge < -0.3 is 15.8 Å². The van der Waals surface area contributed by atoms with Crippen LogP contribution in [0.25, 0.3) is 5.57 Å². The number of benzene rings is 1. The Labute approximate surface area is 209 Å². The first-order chi connectivity index (χ1) is 16.5. The monoisotopic (exact) mass is 483 g/mol. The third kappa shape index (κ3) is 7.09. The first kappa shape index (κ1) is 26.8. The Morgan fingerprint density at radius 1 is 1.11 bits per heavy atom. The minimum absolute atomic E-state index is 0.0738. The van der Waals surface area contributed by atoms with E-state index in [4.69, 9.17) is 10.5 Å². The summed E-state index contributed by atoms with van der Waals surface area (Å²) in [6, 6.07) is 6.38. The third-order valence-electron chi connectivity index (χ3n) is 6.94. The van der Waals surface area contributed by atoms with Crippen molar-refractivity contribution in [1.29, 1.82) is 0 Å². The number of hydrogen-bond donors (Lipinski definition) is 2. The first-order valence-electron chi connectivity index (χ1n) is 12.9. The lowest BCUT2D eigenvalue weighted by molar-refractivity contribution is -0.134. The average Bonchev–Trinajstić information content (AvgIpc) is 2.79. The van der Waals surface area contributed by atoms with Gasteiger partial charge in [-0.1, -0.05) is 37.3 Å². The highest BCUT2D eigenvalue weighted by Crippen LogP contribution is 2.30. The van der Waals surface area contributed by atoms with E-state index in [-0.39, 0.29) is 17.9 Å². The van der Waals surface area contributed by atoms with E-state index in [1.165, 1.54) is 28.9 Å². The van der Waals surface area contributed by atoms with Crippen molar-refractivity contribution < 1.29 is 19.1 Å². The Balaban J connectivity index is 1.73. The van der Waals surface area contributed by atoms with E-state index in [0.717, 1.165) is 31.2 Å². The summed E-state index contributed by atoms with van der Waals surface area (Å²) in [4.78, 5) is 40.2. The third-order valence-corrected chi connectivity index (χ3v) is 6.94. The molecule has 1 aliphatic carbocycles. The predicted octanol–water partition coefficient (Wildman–Crippen LogP) is 4.58. The molecular formula is C28H41N3O4. The standard InChI is InChI=1S/C28H41N3O4/c1-18-11-12-19(2)31(27(34)35-28(3,4)5)24(18)26(33)30-23(25(29)32)17-20-13-15-22(16-14-20)21-9-7-6-8-10-21/h9,13-16,18-19,23-24H,6-8,10-12,17H2,1-5H3,(H2,29,32)(H,30,33)/t18-,19+,23+,24+/m1/s1. The van der Waals surface area contributed by atoms with Crippen LogP contribution in [0.5, 0.6) is 0 Å². The van der Waals surface area contributed by atoms with Crippen LogP contribution in [-0.2, 0) is 20.7 Å². The molecule has 1 aliphatic heterocycles. The summed E-state index contributed by atoms with van der Waals surface area (Å²) in [5.41, 5.74) is 8.49. The maximum atomic E-state index is 13.4. The van der Waals surface area contributed by atoms with E-state index >= 15 is 0 Å². The topological polar surface area (TPSA) is 102 Å². The van der Waals surface area contributed by atoms with Gasteiger partial charge in [0, 0.05) is 12.5 Å². The zero-order chi connectivity index (χ0) is 25.8. The number of piperidine rings is 1. The fourth-order valence-corrected chi connectivity index (χ4v) is 5.01. The molecule has 1 heterocycles. The smallest absolute Gasteiger partial charge is 0.411 e. The number of nitrogens with zero attached hydrogens (tertiary/aromatic N) is 1. The fourth-order valence-electron chi connectivity index (χ4n) is 5.01. The number of rotatable bonds is 6. The van der Waals surface area contributed by atoms with Crippen LogP contribution >= 0.6 is 0 Å². The number of allylic oxidation sites excluding steroid dienone is 2. The molecule has 0 aromatic heterocycles. The zero-order valence-electron chi connectivity index (χ0n) is 21.8. The molecule has 1 saturated heterocycles. The lowest BCUT2D eigenvalue weighted by atomic mass is 9.86. The van der Waals surface area contributed by atoms with Crippen LogP contribution in [0.1, 0.15) is 84.3 Å². The summed E-state index contributed by atoms with van der Waals surface area (Å²) in [5.74, 6) is -1.05. The summed E-state index contributed by atoms with van der Waals surface area (Å²) < 4.78 is 5.60. The fraction of sp³-hybridized carbons (Fsp3) is 0.607. The van der Waals surface area contributed by atoms with Gasteiger partial charge in [-0.3, -0.25) is 14.5 Å². The number of nitrogens with two attached hydrogens (primary N) is 1. The highest BCUT2D eigenvalue weighted by Gasteiger charge is 2.43. The summed E-state index contributed by atoms with van der Waals surface area (Å²) in [5, 5.41) is 2.84. The van der Waals surface area contributed by atoms with Crippen molar-refractivity contribution in [3.8, 4) is 0 Å². The van der Waals surface area contributed by atoms with Crippen molar-refractivity contribution in [2.45, 2.75) is 103 Å². The maximum absolute atomic E-state index is 13.4. The van der Waals surface area contributed by atoms with E-state index < -0.39 is 29.7 Å². The average molecular weight is 484 g/mol. The van der Waals surface area contributed by atoms with Crippen LogP contribution in [0.3, 0.4) is 0 Å². The second kappa shape index (κ2) is 11.3. The number of hydrogen-bond acceptors (Lipinski definition) is 4. The van der Waals surface area contributed by atoms with Crippen LogP contribution in [-0.4, -0.2) is 46.5 Å². The first-order valence-corrected chi connectivity index (χ1v) is 12.9. The molecule has 0 bridgehead atoms. The zero-order valence-corrected chi connectivity index (χ0v) is 21.8. The van der Waals surface area contributed by atoms with Gasteiger partial charge >= 0.3 is 6.09 Å². The molecule has 7 nitrogen and oxygen atoms in total. The molecule has 192 valence electrons. The second-order valence-corrected chi connectivity index (χ2v) is 11.1. The van der Waals surface area contributed by atoms with Gasteiger partial charge in [-0.05, 0) is 88.8 Å². The van der Waals surface area contributed by atoms with E-state index in [1.54, 1.807) is 20.8 Å². The molecule has 0 spiro atoms. The minimum Gasteiger partial charge on any atom is -0.444 e. The highest BCUT2D eigenvalue weighted by atomic mass is 16.6. The normalized spacial score (nSPS) is 23.7. The molecule has 7 heteroatoms. The largest absolute Gasteiger partial charge is 0.444 e. The molecule has 35 heavy (non-hydrogen) atoms. The molecule has 0 saturated carbocycles. The number of nitrogens with one attached hydrogen (secondary N) is 1. The highest BCUT2D eigenvalue weighted by molar-refractivity contribution is 5.91. The second-order valence-electron chi connectivity index (χ2n) is 11.1. The van der Waals surface area contributed by atoms with Gasteiger partial charge in [0.1, 0.15) is 17.7 Å². The maximum Gasteiger partial charge on any atom is 0.411 e. The van der Waals surface area contributed by atoms with Crippen molar-refractivity contribution in [1.82, 2.24) is 10.2 Å². The van der Waals surface area contributed by atoms with Gasteiger partial charge in [0.2, 0.25) is 11.8 Å². The molecule has 3 rings (SSSR count). The lowest BCUT2D eigenvalue weighted by Gasteiger charge is -2.43. The molecular weight excluding hydrogens is 442 g/mol. The van der Waals surface area contributed by atoms with Gasteiger partial charge in [-0.25, -0.2) is 4.79 Å². The Kier molecular flexibility index (Phi) is 8.62. The van der Waals surface area contributed by atoms with Gasteiger partial charge in [0.15, 0.2) is 0 Å². The lowest BCUT2D eigenvalue weighted by Crippen LogP contribution is -2.61. The summed E-state index contributed by atoms with van der Waals surface area (Å²) in [6.45, 7) is 9.28. The van der Waals surface area contributed by atoms with E-state index in [0.29, 0.717) is 6.42 Å². The summed E-state index contributed by atoms with van der Waals surface area (Å²) in [7, 11) is 0. The SMILES string of the molecule is C[C@@H]1CC[C@H](C)N(C(=O)OC(C)(C)C)[C@@H]1C(=O)N[C@@H](Cc1ccc(C2=CCCCC2)cc1)C(N)=O. The van der Waals surface area contributed by atoms with Crippen LogP contribution in [0.2, 0.25) is 0 Å². The Morgan fingerprint density at radius 3 is 2.37 bits per heavy atom. The van der Waals surface area contributed by atoms with Gasteiger partial charge in [0.25, 0.3) is 0 Å². The number of carbonyl (C=O) groups is 3. The van der Waals surface area contributed by atoms with Gasteiger partial charge in [-0.2, -0.15) is 0 Å². The molecule has 2 aliphatic rings. The molecule has 1 aromatic carbocycles.